The molecular formula is C16H10F2N4OS. The zero-order chi connectivity index (χ0) is 16.7. The van der Waals surface area contributed by atoms with Crippen molar-refractivity contribution < 1.29 is 13.5 Å². The lowest BCUT2D eigenvalue weighted by atomic mass is 10.2. The van der Waals surface area contributed by atoms with Gasteiger partial charge in [-0.2, -0.15) is 9.61 Å². The Kier molecular flexibility index (Phi) is 3.46. The van der Waals surface area contributed by atoms with Gasteiger partial charge in [0.25, 0.3) is 0 Å². The average Bonchev–Trinajstić information content (AvgIpc) is 3.18. The number of benzene rings is 2. The summed E-state index contributed by atoms with van der Waals surface area (Å²) in [7, 11) is 1.60. The molecule has 24 heavy (non-hydrogen) atoms. The van der Waals surface area contributed by atoms with E-state index in [-0.39, 0.29) is 11.4 Å². The smallest absolute Gasteiger partial charge is 0.235 e. The maximum atomic E-state index is 14.0. The van der Waals surface area contributed by atoms with Crippen LogP contribution in [0.5, 0.6) is 5.75 Å². The number of nitrogens with zero attached hydrogens (tertiary/aromatic N) is 4. The molecule has 0 atom stereocenters. The molecule has 0 saturated heterocycles. The van der Waals surface area contributed by atoms with E-state index in [1.165, 1.54) is 28.0 Å². The van der Waals surface area contributed by atoms with Crippen molar-refractivity contribution in [2.75, 3.05) is 7.11 Å². The van der Waals surface area contributed by atoms with Crippen molar-refractivity contribution >= 4 is 16.3 Å². The van der Waals surface area contributed by atoms with Gasteiger partial charge in [0.15, 0.2) is 17.5 Å². The zero-order valence-electron chi connectivity index (χ0n) is 12.4. The number of fused-ring (bicyclic) bond motifs is 1. The molecule has 4 aromatic rings. The van der Waals surface area contributed by atoms with Gasteiger partial charge >= 0.3 is 0 Å². The van der Waals surface area contributed by atoms with Crippen molar-refractivity contribution in [3.63, 3.8) is 0 Å². The van der Waals surface area contributed by atoms with E-state index in [2.05, 4.69) is 15.3 Å². The molecule has 0 unspecified atom stereocenters. The highest BCUT2D eigenvalue weighted by Gasteiger charge is 2.18. The summed E-state index contributed by atoms with van der Waals surface area (Å²) >= 11 is 1.31. The van der Waals surface area contributed by atoms with E-state index >= 15 is 0 Å². The van der Waals surface area contributed by atoms with E-state index in [0.717, 1.165) is 17.4 Å². The lowest BCUT2D eigenvalue weighted by molar-refractivity contribution is 0.415. The first-order valence-corrected chi connectivity index (χ1v) is 7.80. The van der Waals surface area contributed by atoms with Crippen LogP contribution in [-0.4, -0.2) is 26.9 Å². The molecule has 0 spiro atoms. The molecule has 120 valence electrons. The van der Waals surface area contributed by atoms with Crippen LogP contribution in [0.15, 0.2) is 42.5 Å². The minimum absolute atomic E-state index is 0.0223. The Labute approximate surface area is 139 Å². The average molecular weight is 344 g/mol. The fourth-order valence-electron chi connectivity index (χ4n) is 2.31. The monoisotopic (exact) mass is 344 g/mol. The quantitative estimate of drug-likeness (QED) is 0.567. The number of hydrogen-bond donors (Lipinski definition) is 0. The highest BCUT2D eigenvalue weighted by Crippen LogP contribution is 2.30. The second-order valence-corrected chi connectivity index (χ2v) is 5.91. The molecule has 8 heteroatoms. The van der Waals surface area contributed by atoms with Crippen LogP contribution in [0.25, 0.3) is 26.9 Å². The number of hydrogen-bond acceptors (Lipinski definition) is 5. The molecule has 4 rings (SSSR count). The summed E-state index contributed by atoms with van der Waals surface area (Å²) < 4.78 is 34.0. The first-order chi connectivity index (χ1) is 11.7. The summed E-state index contributed by atoms with van der Waals surface area (Å²) in [5.41, 5.74) is 0.894. The van der Waals surface area contributed by atoms with E-state index in [0.29, 0.717) is 9.97 Å². The standard InChI is InChI=1S/C16H10F2N4OS/c1-23-10-7-5-9(6-8-10)15-21-22-14(19-20-16(22)24-15)11-3-2-4-12(17)13(11)18/h2-8H,1H3. The minimum Gasteiger partial charge on any atom is -0.497 e. The largest absolute Gasteiger partial charge is 0.497 e. The number of halogens is 2. The number of rotatable bonds is 3. The summed E-state index contributed by atoms with van der Waals surface area (Å²) in [5.74, 6) is -0.997. The van der Waals surface area contributed by atoms with Crippen LogP contribution in [0.4, 0.5) is 8.78 Å². The van der Waals surface area contributed by atoms with Crippen molar-refractivity contribution in [1.29, 1.82) is 0 Å². The fourth-order valence-corrected chi connectivity index (χ4v) is 3.16. The Hall–Kier alpha value is -2.87. The molecule has 2 heterocycles. The van der Waals surface area contributed by atoms with Gasteiger partial charge in [-0.3, -0.25) is 0 Å². The molecule has 0 N–H and O–H groups in total. The Bertz CT molecular complexity index is 1030. The second kappa shape index (κ2) is 5.64. The molecule has 0 bridgehead atoms. The SMILES string of the molecule is COc1ccc(-c2nn3c(-c4cccc(F)c4F)nnc3s2)cc1. The van der Waals surface area contributed by atoms with Crippen LogP contribution in [0, 0.1) is 11.6 Å². The normalized spacial score (nSPS) is 11.1. The summed E-state index contributed by atoms with van der Waals surface area (Å²) in [5, 5.41) is 13.0. The first kappa shape index (κ1) is 14.7. The van der Waals surface area contributed by atoms with Gasteiger partial charge in [-0.25, -0.2) is 8.78 Å². The topological polar surface area (TPSA) is 52.3 Å². The number of aromatic nitrogens is 4. The van der Waals surface area contributed by atoms with E-state index in [1.54, 1.807) is 7.11 Å². The Morgan fingerprint density at radius 1 is 1.04 bits per heavy atom. The molecule has 0 saturated carbocycles. The van der Waals surface area contributed by atoms with Gasteiger partial charge in [-0.15, -0.1) is 10.2 Å². The third-order valence-electron chi connectivity index (χ3n) is 3.52. The molecule has 0 amide bonds. The number of ether oxygens (including phenoxy) is 1. The third-order valence-corrected chi connectivity index (χ3v) is 4.47. The minimum atomic E-state index is -0.967. The summed E-state index contributed by atoms with van der Waals surface area (Å²) in [6, 6.07) is 11.3. The van der Waals surface area contributed by atoms with Crippen LogP contribution in [0.3, 0.4) is 0 Å². The maximum absolute atomic E-state index is 14.0. The van der Waals surface area contributed by atoms with Crippen LogP contribution in [0.2, 0.25) is 0 Å². The predicted octanol–water partition coefficient (Wildman–Crippen LogP) is 3.81. The lowest BCUT2D eigenvalue weighted by Crippen LogP contribution is -1.95. The van der Waals surface area contributed by atoms with Gasteiger partial charge in [0, 0.05) is 5.56 Å². The molecule has 0 aliphatic carbocycles. The van der Waals surface area contributed by atoms with Crippen molar-refractivity contribution in [2.45, 2.75) is 0 Å². The van der Waals surface area contributed by atoms with Crippen LogP contribution in [0.1, 0.15) is 0 Å². The van der Waals surface area contributed by atoms with Gasteiger partial charge in [-0.1, -0.05) is 17.4 Å². The summed E-state index contributed by atoms with van der Waals surface area (Å²) in [6.07, 6.45) is 0. The summed E-state index contributed by atoms with van der Waals surface area (Å²) in [4.78, 5) is 0.500. The number of methoxy groups -OCH3 is 1. The zero-order valence-corrected chi connectivity index (χ0v) is 13.2. The molecule has 2 aromatic carbocycles. The molecule has 0 aliphatic rings. The summed E-state index contributed by atoms with van der Waals surface area (Å²) in [6.45, 7) is 0. The Balaban J connectivity index is 1.82. The van der Waals surface area contributed by atoms with E-state index in [4.69, 9.17) is 4.74 Å². The molecule has 0 fully saturated rings. The second-order valence-electron chi connectivity index (χ2n) is 4.96. The van der Waals surface area contributed by atoms with Gasteiger partial charge in [-0.05, 0) is 36.4 Å². The first-order valence-electron chi connectivity index (χ1n) is 6.98. The van der Waals surface area contributed by atoms with Crippen molar-refractivity contribution in [2.24, 2.45) is 0 Å². The van der Waals surface area contributed by atoms with Crippen molar-refractivity contribution in [1.82, 2.24) is 19.8 Å². The Morgan fingerprint density at radius 3 is 2.58 bits per heavy atom. The van der Waals surface area contributed by atoms with Crippen LogP contribution < -0.4 is 4.74 Å². The molecular weight excluding hydrogens is 334 g/mol. The maximum Gasteiger partial charge on any atom is 0.235 e. The molecule has 5 nitrogen and oxygen atoms in total. The van der Waals surface area contributed by atoms with Crippen molar-refractivity contribution in [3.05, 3.63) is 54.1 Å². The van der Waals surface area contributed by atoms with Gasteiger partial charge in [0.05, 0.1) is 12.7 Å². The molecule has 2 aromatic heterocycles. The third kappa shape index (κ3) is 2.31. The Morgan fingerprint density at radius 2 is 1.83 bits per heavy atom. The van der Waals surface area contributed by atoms with Crippen LogP contribution in [-0.2, 0) is 0 Å². The van der Waals surface area contributed by atoms with Crippen LogP contribution >= 0.6 is 11.3 Å². The van der Waals surface area contributed by atoms with Gasteiger partial charge in [0.1, 0.15) is 10.8 Å². The van der Waals surface area contributed by atoms with Gasteiger partial charge < -0.3 is 4.74 Å². The van der Waals surface area contributed by atoms with E-state index in [9.17, 15) is 8.78 Å². The highest BCUT2D eigenvalue weighted by atomic mass is 32.1. The van der Waals surface area contributed by atoms with Gasteiger partial charge in [0.2, 0.25) is 4.96 Å². The predicted molar refractivity (Wildman–Crippen MR) is 86.0 cm³/mol. The molecule has 0 aliphatic heterocycles. The van der Waals surface area contributed by atoms with E-state index < -0.39 is 11.6 Å². The van der Waals surface area contributed by atoms with E-state index in [1.807, 2.05) is 24.3 Å². The van der Waals surface area contributed by atoms with Crippen molar-refractivity contribution in [3.8, 4) is 27.7 Å². The molecule has 0 radical (unpaired) electrons. The lowest BCUT2D eigenvalue weighted by Gasteiger charge is -2.01. The highest BCUT2D eigenvalue weighted by molar-refractivity contribution is 7.19. The fraction of sp³-hybridized carbons (Fsp3) is 0.0625.